The zero-order valence-corrected chi connectivity index (χ0v) is 10.2. The minimum Gasteiger partial charge on any atom is -0.327 e. The van der Waals surface area contributed by atoms with Gasteiger partial charge in [-0.05, 0) is 56.7 Å². The number of rotatable bonds is 0. The van der Waals surface area contributed by atoms with Gasteiger partial charge in [0.25, 0.3) is 5.56 Å². The van der Waals surface area contributed by atoms with E-state index in [9.17, 15) is 4.79 Å². The van der Waals surface area contributed by atoms with Crippen LogP contribution in [-0.2, 0) is 0 Å². The largest absolute Gasteiger partial charge is 0.327 e. The quantitative estimate of drug-likeness (QED) is 0.729. The molecule has 0 unspecified atom stereocenters. The fourth-order valence-electron chi connectivity index (χ4n) is 1.20. The van der Waals surface area contributed by atoms with E-state index in [0.717, 1.165) is 18.8 Å². The average Bonchev–Trinajstić information content (AvgIpc) is 2.12. The van der Waals surface area contributed by atoms with Crippen LogP contribution in [-0.4, -0.2) is 4.98 Å². The number of benzene rings is 1. The van der Waals surface area contributed by atoms with Crippen molar-refractivity contribution in [3.63, 3.8) is 0 Å². The van der Waals surface area contributed by atoms with Crippen LogP contribution in [0.5, 0.6) is 0 Å². The van der Waals surface area contributed by atoms with Gasteiger partial charge in [0.15, 0.2) is 0 Å². The lowest BCUT2D eigenvalue weighted by Gasteiger charge is -1.99. The Kier molecular flexibility index (Phi) is 2.42. The van der Waals surface area contributed by atoms with Gasteiger partial charge in [-0.15, -0.1) is 0 Å². The van der Waals surface area contributed by atoms with Crippen molar-refractivity contribution in [3.05, 3.63) is 42.8 Å². The molecule has 1 heterocycles. The maximum absolute atomic E-state index is 11.4. The maximum Gasteiger partial charge on any atom is 0.255 e. The Morgan fingerprint density at radius 2 is 2.08 bits per heavy atom. The average molecular weight is 350 g/mol. The van der Waals surface area contributed by atoms with Gasteiger partial charge in [-0.2, -0.15) is 0 Å². The van der Waals surface area contributed by atoms with E-state index in [-0.39, 0.29) is 5.56 Å². The van der Waals surface area contributed by atoms with Gasteiger partial charge in [0, 0.05) is 25.0 Å². The number of nitrogens with one attached hydrogen (secondary N) is 1. The first-order valence-corrected chi connectivity index (χ1v) is 5.52. The van der Waals surface area contributed by atoms with Crippen LogP contribution in [0.3, 0.4) is 0 Å². The predicted molar refractivity (Wildman–Crippen MR) is 65.0 cm³/mol. The van der Waals surface area contributed by atoms with Crippen LogP contribution in [0.25, 0.3) is 10.8 Å². The summed E-state index contributed by atoms with van der Waals surface area (Å²) in [5.74, 6) is 0. The molecule has 2 aromatic rings. The number of halogens is 2. The highest BCUT2D eigenvalue weighted by Crippen LogP contribution is 2.21. The minimum atomic E-state index is -0.0467. The van der Waals surface area contributed by atoms with Crippen LogP contribution in [0.4, 0.5) is 0 Å². The van der Waals surface area contributed by atoms with Gasteiger partial charge >= 0.3 is 0 Å². The van der Waals surface area contributed by atoms with Crippen molar-refractivity contribution in [3.8, 4) is 0 Å². The molecule has 0 bridgehead atoms. The van der Waals surface area contributed by atoms with Gasteiger partial charge in [0.05, 0.1) is 0 Å². The lowest BCUT2D eigenvalue weighted by atomic mass is 10.2. The summed E-state index contributed by atoms with van der Waals surface area (Å²) in [4.78, 5) is 14.0. The van der Waals surface area contributed by atoms with Crippen molar-refractivity contribution in [1.82, 2.24) is 4.98 Å². The van der Waals surface area contributed by atoms with E-state index in [1.807, 2.05) is 18.2 Å². The molecule has 0 aliphatic rings. The number of fused-ring (bicyclic) bond motifs is 1. The van der Waals surface area contributed by atoms with E-state index in [4.69, 9.17) is 0 Å². The van der Waals surface area contributed by atoms with Gasteiger partial charge in [-0.3, -0.25) is 4.79 Å². The lowest BCUT2D eigenvalue weighted by molar-refractivity contribution is 1.26. The molecular weight excluding hydrogens is 345 g/mol. The normalized spacial score (nSPS) is 10.6. The first kappa shape index (κ1) is 9.21. The van der Waals surface area contributed by atoms with Crippen LogP contribution >= 0.6 is 38.5 Å². The SMILES string of the molecule is O=c1[nH]cc(Br)c2cc(I)ccc12. The number of hydrogen-bond acceptors (Lipinski definition) is 1. The smallest absolute Gasteiger partial charge is 0.255 e. The number of hydrogen-bond donors (Lipinski definition) is 1. The highest BCUT2D eigenvalue weighted by atomic mass is 127. The third-order valence-electron chi connectivity index (χ3n) is 1.81. The third-order valence-corrected chi connectivity index (χ3v) is 3.14. The highest BCUT2D eigenvalue weighted by Gasteiger charge is 2.01. The molecule has 0 radical (unpaired) electrons. The first-order chi connectivity index (χ1) is 6.18. The van der Waals surface area contributed by atoms with Crippen LogP contribution in [0.15, 0.2) is 33.7 Å². The monoisotopic (exact) mass is 349 g/mol. The number of aromatic amines is 1. The fraction of sp³-hybridized carbons (Fsp3) is 0. The highest BCUT2D eigenvalue weighted by molar-refractivity contribution is 14.1. The third kappa shape index (κ3) is 1.65. The van der Waals surface area contributed by atoms with E-state index in [1.54, 1.807) is 6.20 Å². The standard InChI is InChI=1S/C9H5BrINO/c10-8-4-12-9(13)6-2-1-5(11)3-7(6)8/h1-4H,(H,12,13). The van der Waals surface area contributed by atoms with Gasteiger partial charge in [-0.25, -0.2) is 0 Å². The molecule has 0 aliphatic carbocycles. The lowest BCUT2D eigenvalue weighted by Crippen LogP contribution is -2.04. The second-order valence-electron chi connectivity index (χ2n) is 2.66. The molecule has 0 saturated carbocycles. The topological polar surface area (TPSA) is 32.9 Å². The summed E-state index contributed by atoms with van der Waals surface area (Å²) in [5.41, 5.74) is -0.0467. The molecule has 0 spiro atoms. The molecule has 0 amide bonds. The summed E-state index contributed by atoms with van der Waals surface area (Å²) in [7, 11) is 0. The first-order valence-electron chi connectivity index (χ1n) is 3.65. The van der Waals surface area contributed by atoms with Crippen molar-refractivity contribution in [2.45, 2.75) is 0 Å². The number of aromatic nitrogens is 1. The van der Waals surface area contributed by atoms with E-state index in [0.29, 0.717) is 0 Å². The Morgan fingerprint density at radius 1 is 1.31 bits per heavy atom. The molecule has 4 heteroatoms. The molecule has 0 fully saturated rings. The Labute approximate surface area is 96.6 Å². The van der Waals surface area contributed by atoms with Crippen LogP contribution in [0, 0.1) is 3.57 Å². The fourth-order valence-corrected chi connectivity index (χ4v) is 2.13. The molecule has 1 N–H and O–H groups in total. The summed E-state index contributed by atoms with van der Waals surface area (Å²) in [6.07, 6.45) is 1.67. The predicted octanol–water partition coefficient (Wildman–Crippen LogP) is 2.90. The van der Waals surface area contributed by atoms with Gasteiger partial charge < -0.3 is 4.98 Å². The van der Waals surface area contributed by atoms with E-state index < -0.39 is 0 Å². The van der Waals surface area contributed by atoms with Crippen molar-refractivity contribution in [1.29, 1.82) is 0 Å². The summed E-state index contributed by atoms with van der Waals surface area (Å²) in [5, 5.41) is 1.67. The number of H-pyrrole nitrogens is 1. The number of pyridine rings is 1. The van der Waals surface area contributed by atoms with Crippen LogP contribution in [0.1, 0.15) is 0 Å². The van der Waals surface area contributed by atoms with Gasteiger partial charge in [0.1, 0.15) is 0 Å². The molecule has 2 rings (SSSR count). The molecule has 1 aromatic heterocycles. The maximum atomic E-state index is 11.4. The second kappa shape index (κ2) is 3.42. The summed E-state index contributed by atoms with van der Waals surface area (Å²) in [6, 6.07) is 5.74. The van der Waals surface area contributed by atoms with Crippen molar-refractivity contribution in [2.24, 2.45) is 0 Å². The van der Waals surface area contributed by atoms with E-state index in [1.165, 1.54) is 0 Å². The summed E-state index contributed by atoms with van der Waals surface area (Å²) in [6.45, 7) is 0. The van der Waals surface area contributed by atoms with E-state index >= 15 is 0 Å². The minimum absolute atomic E-state index is 0.0467. The Bertz CT molecular complexity index is 520. The molecule has 0 atom stereocenters. The van der Waals surface area contributed by atoms with Crippen molar-refractivity contribution in [2.75, 3.05) is 0 Å². The van der Waals surface area contributed by atoms with Crippen LogP contribution in [0.2, 0.25) is 0 Å². The van der Waals surface area contributed by atoms with E-state index in [2.05, 4.69) is 43.5 Å². The van der Waals surface area contributed by atoms with Gasteiger partial charge in [-0.1, -0.05) is 0 Å². The zero-order chi connectivity index (χ0) is 9.42. The molecule has 0 aliphatic heterocycles. The summed E-state index contributed by atoms with van der Waals surface area (Å²) >= 11 is 5.61. The van der Waals surface area contributed by atoms with Crippen molar-refractivity contribution >= 4 is 49.3 Å². The second-order valence-corrected chi connectivity index (χ2v) is 4.76. The Morgan fingerprint density at radius 3 is 2.85 bits per heavy atom. The van der Waals surface area contributed by atoms with Gasteiger partial charge in [0.2, 0.25) is 0 Å². The zero-order valence-electron chi connectivity index (χ0n) is 6.47. The Hall–Kier alpha value is -0.360. The molecule has 1 aromatic carbocycles. The Balaban J connectivity index is 3.01. The summed E-state index contributed by atoms with van der Waals surface area (Å²) < 4.78 is 2.04. The van der Waals surface area contributed by atoms with Crippen molar-refractivity contribution < 1.29 is 0 Å². The molecule has 2 nitrogen and oxygen atoms in total. The molecule has 66 valence electrons. The molecular formula is C9H5BrINO. The van der Waals surface area contributed by atoms with Crippen LogP contribution < -0.4 is 5.56 Å². The molecule has 0 saturated heterocycles. The molecule has 13 heavy (non-hydrogen) atoms.